The second-order valence-electron chi connectivity index (χ2n) is 6.19. The summed E-state index contributed by atoms with van der Waals surface area (Å²) in [5.41, 5.74) is -0.534. The van der Waals surface area contributed by atoms with Gasteiger partial charge in [-0.15, -0.1) is 0 Å². The third-order valence-corrected chi connectivity index (χ3v) is 4.05. The van der Waals surface area contributed by atoms with Crippen molar-refractivity contribution in [2.45, 2.75) is 39.5 Å². The van der Waals surface area contributed by atoms with E-state index in [0.717, 1.165) is 37.8 Å². The van der Waals surface area contributed by atoms with Crippen molar-refractivity contribution in [1.82, 2.24) is 0 Å². The first kappa shape index (κ1) is 15.5. The molecule has 0 heterocycles. The minimum Gasteiger partial charge on any atom is -0.478 e. The number of carbonyl (C=O) groups excluding carboxylic acids is 1. The molecule has 1 aliphatic rings. The Morgan fingerprint density at radius 1 is 1.38 bits per heavy atom. The van der Waals surface area contributed by atoms with E-state index in [4.69, 9.17) is 5.11 Å². The summed E-state index contributed by atoms with van der Waals surface area (Å²) in [6.45, 7) is 4.11. The summed E-state index contributed by atoms with van der Waals surface area (Å²) in [6.07, 6.45) is 3.37. The summed E-state index contributed by atoms with van der Waals surface area (Å²) in [4.78, 5) is 23.4. The van der Waals surface area contributed by atoms with Crippen LogP contribution in [0.4, 0.5) is 10.1 Å². The second-order valence-corrected chi connectivity index (χ2v) is 6.19. The minimum atomic E-state index is -1.15. The molecular formula is C16H20FNO3. The van der Waals surface area contributed by atoms with Crippen LogP contribution < -0.4 is 5.32 Å². The molecule has 4 nitrogen and oxygen atoms in total. The number of hydrogen-bond donors (Lipinski definition) is 2. The van der Waals surface area contributed by atoms with Crippen molar-refractivity contribution in [2.24, 2.45) is 11.3 Å². The average Bonchev–Trinajstić information content (AvgIpc) is 2.35. The molecule has 0 aliphatic heterocycles. The molecule has 1 amide bonds. The van der Waals surface area contributed by atoms with Crippen LogP contribution in [-0.2, 0) is 4.79 Å². The van der Waals surface area contributed by atoms with E-state index in [1.807, 2.05) is 0 Å². The summed E-state index contributed by atoms with van der Waals surface area (Å²) in [6, 6.07) is 3.41. The molecule has 21 heavy (non-hydrogen) atoms. The number of halogens is 1. The van der Waals surface area contributed by atoms with Crippen molar-refractivity contribution in [3.8, 4) is 0 Å². The lowest BCUT2D eigenvalue weighted by molar-refractivity contribution is -0.131. The molecule has 0 radical (unpaired) electrons. The van der Waals surface area contributed by atoms with Crippen molar-refractivity contribution < 1.29 is 19.1 Å². The second kappa shape index (κ2) is 5.84. The summed E-state index contributed by atoms with van der Waals surface area (Å²) < 4.78 is 13.8. The van der Waals surface area contributed by atoms with Crippen LogP contribution in [0.25, 0.3) is 0 Å². The Balaban J connectivity index is 2.19. The van der Waals surface area contributed by atoms with Gasteiger partial charge in [0.25, 0.3) is 0 Å². The highest BCUT2D eigenvalue weighted by molar-refractivity contribution is 5.97. The number of aromatic carboxylic acids is 1. The SMILES string of the molecule is CC(C)CC1(C(=O)Nc2cc(C(=O)O)ccc2F)CCC1. The Bertz CT molecular complexity index is 565. The van der Waals surface area contributed by atoms with Gasteiger partial charge in [-0.3, -0.25) is 4.79 Å². The van der Waals surface area contributed by atoms with Crippen molar-refractivity contribution >= 4 is 17.6 Å². The Hall–Kier alpha value is -1.91. The van der Waals surface area contributed by atoms with Crippen LogP contribution in [0.1, 0.15) is 49.9 Å². The van der Waals surface area contributed by atoms with Gasteiger partial charge in [0.1, 0.15) is 5.82 Å². The lowest BCUT2D eigenvalue weighted by Gasteiger charge is -2.41. The molecule has 5 heteroatoms. The van der Waals surface area contributed by atoms with E-state index < -0.39 is 17.2 Å². The maximum Gasteiger partial charge on any atom is 0.335 e. The van der Waals surface area contributed by atoms with Gasteiger partial charge >= 0.3 is 5.97 Å². The molecule has 1 aromatic rings. The first-order valence-electron chi connectivity index (χ1n) is 7.18. The number of benzene rings is 1. The first-order chi connectivity index (χ1) is 9.84. The monoisotopic (exact) mass is 293 g/mol. The van der Waals surface area contributed by atoms with E-state index in [2.05, 4.69) is 19.2 Å². The number of nitrogens with one attached hydrogen (secondary N) is 1. The molecule has 1 aromatic carbocycles. The molecule has 0 saturated heterocycles. The number of carbonyl (C=O) groups is 2. The molecule has 0 aromatic heterocycles. The highest BCUT2D eigenvalue weighted by atomic mass is 19.1. The van der Waals surface area contributed by atoms with Crippen LogP contribution in [0, 0.1) is 17.2 Å². The number of anilines is 1. The predicted molar refractivity (Wildman–Crippen MR) is 77.7 cm³/mol. The van der Waals surface area contributed by atoms with Gasteiger partial charge in [0.2, 0.25) is 5.91 Å². The Morgan fingerprint density at radius 2 is 2.05 bits per heavy atom. The van der Waals surface area contributed by atoms with Crippen molar-refractivity contribution in [3.63, 3.8) is 0 Å². The van der Waals surface area contributed by atoms with Gasteiger partial charge in [0, 0.05) is 5.41 Å². The van der Waals surface area contributed by atoms with Crippen molar-refractivity contribution in [1.29, 1.82) is 0 Å². The fraction of sp³-hybridized carbons (Fsp3) is 0.500. The molecule has 0 atom stereocenters. The summed E-state index contributed by atoms with van der Waals surface area (Å²) in [7, 11) is 0. The number of carboxylic acids is 1. The zero-order chi connectivity index (χ0) is 15.6. The third-order valence-electron chi connectivity index (χ3n) is 4.05. The number of amides is 1. The predicted octanol–water partition coefficient (Wildman–Crippen LogP) is 3.68. The lowest BCUT2D eigenvalue weighted by atomic mass is 9.64. The maximum atomic E-state index is 13.8. The quantitative estimate of drug-likeness (QED) is 0.870. The van der Waals surface area contributed by atoms with Gasteiger partial charge in [-0.25, -0.2) is 9.18 Å². The topological polar surface area (TPSA) is 66.4 Å². The maximum absolute atomic E-state index is 13.8. The fourth-order valence-electron chi connectivity index (χ4n) is 2.92. The minimum absolute atomic E-state index is 0.0433. The molecule has 0 unspecified atom stereocenters. The van der Waals surface area contributed by atoms with E-state index in [0.29, 0.717) is 5.92 Å². The van der Waals surface area contributed by atoms with Crippen LogP contribution in [0.3, 0.4) is 0 Å². The molecular weight excluding hydrogens is 273 g/mol. The Kier molecular flexibility index (Phi) is 4.30. The highest BCUT2D eigenvalue weighted by Crippen LogP contribution is 2.46. The molecule has 0 spiro atoms. The zero-order valence-corrected chi connectivity index (χ0v) is 12.3. The standard InChI is InChI=1S/C16H20FNO3/c1-10(2)9-16(6-3-7-16)15(21)18-13-8-11(14(19)20)4-5-12(13)17/h4-5,8,10H,3,6-7,9H2,1-2H3,(H,18,21)(H,19,20). The summed E-state index contributed by atoms with van der Waals surface area (Å²) in [5, 5.41) is 11.5. The zero-order valence-electron chi connectivity index (χ0n) is 12.3. The molecule has 1 fully saturated rings. The molecule has 1 saturated carbocycles. The highest BCUT2D eigenvalue weighted by Gasteiger charge is 2.44. The van der Waals surface area contributed by atoms with E-state index >= 15 is 0 Å². The number of carboxylic acid groups (broad SMARTS) is 1. The third kappa shape index (κ3) is 3.23. The van der Waals surface area contributed by atoms with Gasteiger partial charge in [-0.05, 0) is 43.4 Å². The smallest absolute Gasteiger partial charge is 0.335 e. The van der Waals surface area contributed by atoms with Crippen molar-refractivity contribution in [2.75, 3.05) is 5.32 Å². The molecule has 2 N–H and O–H groups in total. The average molecular weight is 293 g/mol. The van der Waals surface area contributed by atoms with Gasteiger partial charge < -0.3 is 10.4 Å². The fourth-order valence-corrected chi connectivity index (χ4v) is 2.92. The van der Waals surface area contributed by atoms with Gasteiger partial charge in [-0.1, -0.05) is 20.3 Å². The first-order valence-corrected chi connectivity index (χ1v) is 7.18. The molecule has 1 aliphatic carbocycles. The van der Waals surface area contributed by atoms with E-state index in [1.54, 1.807) is 0 Å². The van der Waals surface area contributed by atoms with Crippen LogP contribution >= 0.6 is 0 Å². The lowest BCUT2D eigenvalue weighted by Crippen LogP contribution is -2.43. The molecule has 2 rings (SSSR count). The number of rotatable bonds is 5. The van der Waals surface area contributed by atoms with E-state index in [-0.39, 0.29) is 17.2 Å². The normalized spacial score (nSPS) is 16.4. The van der Waals surface area contributed by atoms with Crippen LogP contribution in [-0.4, -0.2) is 17.0 Å². The Morgan fingerprint density at radius 3 is 2.52 bits per heavy atom. The van der Waals surface area contributed by atoms with Crippen molar-refractivity contribution in [3.05, 3.63) is 29.6 Å². The van der Waals surface area contributed by atoms with Crippen LogP contribution in [0.15, 0.2) is 18.2 Å². The molecule has 114 valence electrons. The largest absolute Gasteiger partial charge is 0.478 e. The van der Waals surface area contributed by atoms with Gasteiger partial charge in [0.05, 0.1) is 11.3 Å². The Labute approximate surface area is 123 Å². The van der Waals surface area contributed by atoms with E-state index in [9.17, 15) is 14.0 Å². The van der Waals surface area contributed by atoms with Gasteiger partial charge in [-0.2, -0.15) is 0 Å². The summed E-state index contributed by atoms with van der Waals surface area (Å²) >= 11 is 0. The van der Waals surface area contributed by atoms with E-state index in [1.165, 1.54) is 6.07 Å². The summed E-state index contributed by atoms with van der Waals surface area (Å²) in [5.74, 6) is -1.59. The van der Waals surface area contributed by atoms with Gasteiger partial charge in [0.15, 0.2) is 0 Å². The molecule has 0 bridgehead atoms. The van der Waals surface area contributed by atoms with Crippen LogP contribution in [0.2, 0.25) is 0 Å². The van der Waals surface area contributed by atoms with Crippen LogP contribution in [0.5, 0.6) is 0 Å². The number of hydrogen-bond acceptors (Lipinski definition) is 2.